The standard InChI is InChI=1S/C23H18Cl2N2O3/c24-17-7-1-13(2-8-17)12-26(21(28)14-5-9-18(25)10-6-14)27-22(29)19-15-3-4-16(11-15)20(19)23(27)30/h1-10,15-16,19-20H,11-12H2/t15-,16-,19-,20+/m0/s1. The van der Waals surface area contributed by atoms with E-state index < -0.39 is 5.91 Å². The van der Waals surface area contributed by atoms with Crippen molar-refractivity contribution < 1.29 is 14.4 Å². The number of hydrogen-bond acceptors (Lipinski definition) is 3. The number of hydrogen-bond donors (Lipinski definition) is 0. The molecular formula is C23H18Cl2N2O3. The quantitative estimate of drug-likeness (QED) is 0.524. The zero-order chi connectivity index (χ0) is 21.0. The Morgan fingerprint density at radius 3 is 1.90 bits per heavy atom. The Labute approximate surface area is 183 Å². The van der Waals surface area contributed by atoms with E-state index in [1.165, 1.54) is 5.01 Å². The molecule has 1 aliphatic heterocycles. The fourth-order valence-electron chi connectivity index (χ4n) is 4.86. The number of hydrazine groups is 1. The summed E-state index contributed by atoms with van der Waals surface area (Å²) in [4.78, 5) is 40.0. The lowest BCUT2D eigenvalue weighted by Gasteiger charge is -2.31. The Bertz CT molecular complexity index is 1030. The summed E-state index contributed by atoms with van der Waals surface area (Å²) in [5, 5.41) is 3.41. The van der Waals surface area contributed by atoms with Gasteiger partial charge in [0.15, 0.2) is 0 Å². The van der Waals surface area contributed by atoms with Crippen molar-refractivity contribution in [2.45, 2.75) is 13.0 Å². The van der Waals surface area contributed by atoms with Gasteiger partial charge in [0, 0.05) is 15.6 Å². The van der Waals surface area contributed by atoms with Crippen molar-refractivity contribution in [1.82, 2.24) is 10.0 Å². The lowest BCUT2D eigenvalue weighted by molar-refractivity contribution is -0.156. The van der Waals surface area contributed by atoms with Gasteiger partial charge in [-0.05, 0) is 60.2 Å². The van der Waals surface area contributed by atoms with Gasteiger partial charge in [-0.2, -0.15) is 5.01 Å². The number of imide groups is 1. The van der Waals surface area contributed by atoms with Crippen molar-refractivity contribution in [3.63, 3.8) is 0 Å². The summed E-state index contributed by atoms with van der Waals surface area (Å²) in [5.41, 5.74) is 1.12. The molecule has 2 fully saturated rings. The third-order valence-electron chi connectivity index (χ3n) is 6.26. The largest absolute Gasteiger partial charge is 0.273 e. The lowest BCUT2D eigenvalue weighted by atomic mass is 9.85. The minimum Gasteiger partial charge on any atom is -0.272 e. The highest BCUT2D eigenvalue weighted by molar-refractivity contribution is 6.30. The highest BCUT2D eigenvalue weighted by atomic mass is 35.5. The molecule has 0 aromatic heterocycles. The Kier molecular flexibility index (Phi) is 4.68. The Morgan fingerprint density at radius 2 is 1.37 bits per heavy atom. The molecule has 30 heavy (non-hydrogen) atoms. The Balaban J connectivity index is 1.51. The first-order chi connectivity index (χ1) is 14.4. The van der Waals surface area contributed by atoms with Crippen LogP contribution < -0.4 is 0 Å². The normalized spacial score (nSPS) is 26.4. The molecular weight excluding hydrogens is 423 g/mol. The average molecular weight is 441 g/mol. The molecule has 1 saturated carbocycles. The summed E-state index contributed by atoms with van der Waals surface area (Å²) in [6.45, 7) is 0.0817. The molecule has 1 heterocycles. The van der Waals surface area contributed by atoms with E-state index in [0.717, 1.165) is 17.0 Å². The fraction of sp³-hybridized carbons (Fsp3) is 0.261. The SMILES string of the molecule is O=C(c1ccc(Cl)cc1)N(Cc1ccc(Cl)cc1)N1C(=O)[C@@H]2[C@H](C1=O)[C@H]1C=C[C@H]2C1. The van der Waals surface area contributed by atoms with Crippen LogP contribution in [-0.4, -0.2) is 27.7 Å². The maximum atomic E-state index is 13.4. The van der Waals surface area contributed by atoms with E-state index in [9.17, 15) is 14.4 Å². The van der Waals surface area contributed by atoms with Gasteiger partial charge in [-0.15, -0.1) is 0 Å². The zero-order valence-electron chi connectivity index (χ0n) is 15.9. The number of rotatable bonds is 4. The smallest absolute Gasteiger partial charge is 0.272 e. The highest BCUT2D eigenvalue weighted by Crippen LogP contribution is 2.52. The van der Waals surface area contributed by atoms with Crippen molar-refractivity contribution >= 4 is 40.9 Å². The van der Waals surface area contributed by atoms with Gasteiger partial charge < -0.3 is 0 Å². The van der Waals surface area contributed by atoms with Crippen LogP contribution in [0.4, 0.5) is 0 Å². The van der Waals surface area contributed by atoms with Crippen LogP contribution >= 0.6 is 23.2 Å². The van der Waals surface area contributed by atoms with Crippen LogP contribution in [-0.2, 0) is 16.1 Å². The van der Waals surface area contributed by atoms with Crippen molar-refractivity contribution in [3.8, 4) is 0 Å². The molecule has 152 valence electrons. The number of carbonyl (C=O) groups excluding carboxylic acids is 3. The second kappa shape index (κ2) is 7.25. The van der Waals surface area contributed by atoms with Gasteiger partial charge in [-0.25, -0.2) is 5.01 Å². The highest BCUT2D eigenvalue weighted by Gasteiger charge is 2.61. The number of amides is 3. The molecule has 3 amide bonds. The first kappa shape index (κ1) is 19.3. The molecule has 0 unspecified atom stereocenters. The van der Waals surface area contributed by atoms with Gasteiger partial charge in [0.05, 0.1) is 18.4 Å². The van der Waals surface area contributed by atoms with E-state index >= 15 is 0 Å². The van der Waals surface area contributed by atoms with E-state index in [4.69, 9.17) is 23.2 Å². The third-order valence-corrected chi connectivity index (χ3v) is 6.76. The van der Waals surface area contributed by atoms with Gasteiger partial charge >= 0.3 is 0 Å². The van der Waals surface area contributed by atoms with E-state index in [-0.39, 0.29) is 42.0 Å². The van der Waals surface area contributed by atoms with Gasteiger partial charge in [-0.3, -0.25) is 14.4 Å². The van der Waals surface area contributed by atoms with Crippen molar-refractivity contribution in [2.75, 3.05) is 0 Å². The molecule has 2 aromatic rings. The Hall–Kier alpha value is -2.63. The second-order valence-corrected chi connectivity index (χ2v) is 8.86. The second-order valence-electron chi connectivity index (χ2n) is 7.98. The predicted molar refractivity (Wildman–Crippen MR) is 112 cm³/mol. The molecule has 5 rings (SSSR count). The minimum absolute atomic E-state index is 0.0736. The molecule has 2 bridgehead atoms. The number of allylic oxidation sites excluding steroid dienone is 2. The molecule has 0 N–H and O–H groups in total. The maximum Gasteiger partial charge on any atom is 0.273 e. The van der Waals surface area contributed by atoms with Gasteiger partial charge in [0.2, 0.25) is 0 Å². The summed E-state index contributed by atoms with van der Waals surface area (Å²) in [7, 11) is 0. The van der Waals surface area contributed by atoms with E-state index in [1.807, 2.05) is 12.2 Å². The van der Waals surface area contributed by atoms with Crippen LogP contribution in [0.25, 0.3) is 0 Å². The van der Waals surface area contributed by atoms with Crippen LogP contribution in [0.3, 0.4) is 0 Å². The van der Waals surface area contributed by atoms with Crippen molar-refractivity contribution in [3.05, 3.63) is 81.9 Å². The topological polar surface area (TPSA) is 57.7 Å². The molecule has 7 heteroatoms. The number of carbonyl (C=O) groups is 3. The van der Waals surface area contributed by atoms with Crippen molar-refractivity contribution in [2.24, 2.45) is 23.7 Å². The predicted octanol–water partition coefficient (Wildman–Crippen LogP) is 4.36. The van der Waals surface area contributed by atoms with Crippen LogP contribution in [0.2, 0.25) is 10.0 Å². The third kappa shape index (κ3) is 3.04. The van der Waals surface area contributed by atoms with E-state index in [1.54, 1.807) is 48.5 Å². The molecule has 0 spiro atoms. The molecule has 4 atom stereocenters. The summed E-state index contributed by atoms with van der Waals surface area (Å²) < 4.78 is 0. The monoisotopic (exact) mass is 440 g/mol. The number of halogens is 2. The van der Waals surface area contributed by atoms with E-state index in [0.29, 0.717) is 15.6 Å². The summed E-state index contributed by atoms with van der Waals surface area (Å²) >= 11 is 11.9. The minimum atomic E-state index is -0.427. The lowest BCUT2D eigenvalue weighted by Crippen LogP contribution is -2.50. The van der Waals surface area contributed by atoms with Crippen LogP contribution in [0, 0.1) is 23.7 Å². The zero-order valence-corrected chi connectivity index (χ0v) is 17.4. The first-order valence-electron chi connectivity index (χ1n) is 9.82. The number of benzene rings is 2. The number of fused-ring (bicyclic) bond motifs is 5. The molecule has 2 aromatic carbocycles. The van der Waals surface area contributed by atoms with Crippen LogP contribution in [0.1, 0.15) is 22.3 Å². The summed E-state index contributed by atoms with van der Waals surface area (Å²) in [6, 6.07) is 13.4. The molecule has 0 radical (unpaired) electrons. The average Bonchev–Trinajstić information content (AvgIpc) is 3.42. The Morgan fingerprint density at radius 1 is 0.867 bits per heavy atom. The summed E-state index contributed by atoms with van der Waals surface area (Å²) in [6.07, 6.45) is 4.90. The van der Waals surface area contributed by atoms with Gasteiger partial charge in [0.25, 0.3) is 17.7 Å². The molecule has 1 saturated heterocycles. The van der Waals surface area contributed by atoms with E-state index in [2.05, 4.69) is 0 Å². The van der Waals surface area contributed by atoms with Gasteiger partial charge in [-0.1, -0.05) is 47.5 Å². The molecule has 5 nitrogen and oxygen atoms in total. The molecule has 2 aliphatic carbocycles. The maximum absolute atomic E-state index is 13.4. The van der Waals surface area contributed by atoms with Crippen LogP contribution in [0.5, 0.6) is 0 Å². The number of nitrogens with zero attached hydrogens (tertiary/aromatic N) is 2. The fourth-order valence-corrected chi connectivity index (χ4v) is 5.11. The van der Waals surface area contributed by atoms with Crippen molar-refractivity contribution in [1.29, 1.82) is 0 Å². The summed E-state index contributed by atoms with van der Waals surface area (Å²) in [5.74, 6) is -1.62. The first-order valence-corrected chi connectivity index (χ1v) is 10.6. The van der Waals surface area contributed by atoms with Gasteiger partial charge in [0.1, 0.15) is 0 Å². The van der Waals surface area contributed by atoms with Crippen LogP contribution in [0.15, 0.2) is 60.7 Å². The molecule has 3 aliphatic rings.